The average molecular weight is 156 g/mol. The Bertz CT molecular complexity index is 120. The van der Waals surface area contributed by atoms with E-state index < -0.39 is 5.60 Å². The second-order valence-corrected chi connectivity index (χ2v) is 4.05. The van der Waals surface area contributed by atoms with Gasteiger partial charge in [-0.3, -0.25) is 7.05 Å². The van der Waals surface area contributed by atoms with Crippen molar-refractivity contribution in [2.24, 2.45) is 5.92 Å². The average Bonchev–Trinajstić information content (AvgIpc) is 1.86. The molecule has 0 aromatic carbocycles. The second-order valence-electron chi connectivity index (χ2n) is 4.05. The summed E-state index contributed by atoms with van der Waals surface area (Å²) in [5, 5.41) is 9.69. The molecule has 0 aromatic rings. The Kier molecular flexibility index (Phi) is 2.55. The van der Waals surface area contributed by atoms with E-state index in [4.69, 9.17) is 0 Å². The minimum absolute atomic E-state index is 0.459. The molecule has 2 nitrogen and oxygen atoms in total. The van der Waals surface area contributed by atoms with Crippen LogP contribution in [0.2, 0.25) is 0 Å². The highest BCUT2D eigenvalue weighted by molar-refractivity contribution is 4.82. The van der Waals surface area contributed by atoms with Gasteiger partial charge >= 0.3 is 0 Å². The van der Waals surface area contributed by atoms with Crippen molar-refractivity contribution in [3.05, 3.63) is 7.05 Å². The molecule has 2 heteroatoms. The van der Waals surface area contributed by atoms with Crippen LogP contribution in [0.15, 0.2) is 0 Å². The molecular formula is C9H18NO-. The number of likely N-dealkylation sites (tertiary alicyclic amines) is 1. The molecule has 0 spiro atoms. The van der Waals surface area contributed by atoms with E-state index in [1.807, 2.05) is 13.8 Å². The van der Waals surface area contributed by atoms with E-state index >= 15 is 0 Å². The van der Waals surface area contributed by atoms with Gasteiger partial charge < -0.3 is 10.0 Å². The number of aliphatic hydroxyl groups is 1. The van der Waals surface area contributed by atoms with Crippen LogP contribution in [-0.2, 0) is 0 Å². The molecule has 0 amide bonds. The molecule has 1 N–H and O–H groups in total. The van der Waals surface area contributed by atoms with Gasteiger partial charge in [0.05, 0.1) is 5.60 Å². The first-order valence-electron chi connectivity index (χ1n) is 4.28. The Labute approximate surface area is 69.2 Å². The van der Waals surface area contributed by atoms with Crippen LogP contribution < -0.4 is 0 Å². The molecule has 0 saturated carbocycles. The third kappa shape index (κ3) is 2.46. The topological polar surface area (TPSA) is 23.5 Å². The van der Waals surface area contributed by atoms with E-state index in [9.17, 15) is 5.11 Å². The molecule has 1 aliphatic heterocycles. The highest BCUT2D eigenvalue weighted by atomic mass is 16.3. The molecule has 1 saturated heterocycles. The monoisotopic (exact) mass is 156 g/mol. The molecular weight excluding hydrogens is 138 g/mol. The Morgan fingerprint density at radius 2 is 1.82 bits per heavy atom. The van der Waals surface area contributed by atoms with Crippen molar-refractivity contribution in [2.45, 2.75) is 32.3 Å². The summed E-state index contributed by atoms with van der Waals surface area (Å²) in [7, 11) is 3.87. The number of nitrogens with zero attached hydrogens (tertiary/aromatic N) is 1. The lowest BCUT2D eigenvalue weighted by Crippen LogP contribution is -2.39. The maximum atomic E-state index is 9.69. The van der Waals surface area contributed by atoms with Crippen molar-refractivity contribution in [1.82, 2.24) is 4.90 Å². The van der Waals surface area contributed by atoms with Gasteiger partial charge in [-0.15, -0.1) is 0 Å². The molecule has 66 valence electrons. The number of rotatable bonds is 1. The highest BCUT2D eigenvalue weighted by Crippen LogP contribution is 2.27. The van der Waals surface area contributed by atoms with Gasteiger partial charge in [0, 0.05) is 0 Å². The first-order valence-corrected chi connectivity index (χ1v) is 4.28. The SMILES string of the molecule is [CH2-]N1CCC(C(C)(C)O)CC1. The van der Waals surface area contributed by atoms with Crippen LogP contribution in [0, 0.1) is 13.0 Å². The molecule has 0 bridgehead atoms. The first kappa shape index (κ1) is 9.01. The van der Waals surface area contributed by atoms with Crippen molar-refractivity contribution in [2.75, 3.05) is 13.1 Å². The lowest BCUT2D eigenvalue weighted by Gasteiger charge is -2.39. The van der Waals surface area contributed by atoms with Crippen molar-refractivity contribution >= 4 is 0 Å². The number of hydrogen-bond acceptors (Lipinski definition) is 2. The maximum Gasteiger partial charge on any atom is 0.0620 e. The minimum atomic E-state index is -0.499. The van der Waals surface area contributed by atoms with Crippen LogP contribution >= 0.6 is 0 Å². The normalized spacial score (nSPS) is 24.0. The predicted octanol–water partition coefficient (Wildman–Crippen LogP) is 1.26. The van der Waals surface area contributed by atoms with Gasteiger partial charge in [0.2, 0.25) is 0 Å². The van der Waals surface area contributed by atoms with Crippen molar-refractivity contribution < 1.29 is 5.11 Å². The summed E-state index contributed by atoms with van der Waals surface area (Å²) in [6, 6.07) is 0. The van der Waals surface area contributed by atoms with E-state index in [0.717, 1.165) is 25.9 Å². The molecule has 0 aromatic heterocycles. The molecule has 0 unspecified atom stereocenters. The Morgan fingerprint density at radius 3 is 2.18 bits per heavy atom. The molecule has 0 atom stereocenters. The first-order chi connectivity index (χ1) is 5.00. The molecule has 0 radical (unpaired) electrons. The van der Waals surface area contributed by atoms with Gasteiger partial charge in [0.15, 0.2) is 0 Å². The van der Waals surface area contributed by atoms with E-state index in [1.54, 1.807) is 0 Å². The minimum Gasteiger partial charge on any atom is -0.459 e. The lowest BCUT2D eigenvalue weighted by molar-refractivity contribution is -0.00732. The van der Waals surface area contributed by atoms with Gasteiger partial charge in [-0.25, -0.2) is 0 Å². The van der Waals surface area contributed by atoms with Gasteiger partial charge in [-0.05, 0) is 45.7 Å². The summed E-state index contributed by atoms with van der Waals surface area (Å²) in [5.74, 6) is 0.459. The van der Waals surface area contributed by atoms with Crippen molar-refractivity contribution in [3.63, 3.8) is 0 Å². The van der Waals surface area contributed by atoms with E-state index in [1.165, 1.54) is 0 Å². The maximum absolute atomic E-state index is 9.69. The van der Waals surface area contributed by atoms with Gasteiger partial charge in [-0.1, -0.05) is 0 Å². The molecule has 1 fully saturated rings. The second kappa shape index (κ2) is 3.11. The van der Waals surface area contributed by atoms with E-state index in [-0.39, 0.29) is 0 Å². The fraction of sp³-hybridized carbons (Fsp3) is 0.889. The summed E-state index contributed by atoms with van der Waals surface area (Å²) in [4.78, 5) is 2.07. The standard InChI is InChI=1S/C9H18NO/c1-9(2,11)8-4-6-10(3)7-5-8/h8,11H,3-7H2,1-2H3/q-1. The zero-order chi connectivity index (χ0) is 8.48. The summed E-state index contributed by atoms with van der Waals surface area (Å²) in [6.45, 7) is 5.84. The summed E-state index contributed by atoms with van der Waals surface area (Å²) in [6.07, 6.45) is 2.15. The highest BCUT2D eigenvalue weighted by Gasteiger charge is 2.27. The third-order valence-corrected chi connectivity index (χ3v) is 2.59. The van der Waals surface area contributed by atoms with Crippen LogP contribution in [0.4, 0.5) is 0 Å². The molecule has 1 heterocycles. The van der Waals surface area contributed by atoms with Crippen LogP contribution in [0.5, 0.6) is 0 Å². The largest absolute Gasteiger partial charge is 0.459 e. The van der Waals surface area contributed by atoms with Crippen molar-refractivity contribution in [3.8, 4) is 0 Å². The van der Waals surface area contributed by atoms with Crippen molar-refractivity contribution in [1.29, 1.82) is 0 Å². The van der Waals surface area contributed by atoms with Crippen LogP contribution in [-0.4, -0.2) is 28.7 Å². The third-order valence-electron chi connectivity index (χ3n) is 2.59. The van der Waals surface area contributed by atoms with Gasteiger partial charge in [-0.2, -0.15) is 0 Å². The fourth-order valence-electron chi connectivity index (χ4n) is 1.64. The Balaban J connectivity index is 2.39. The lowest BCUT2D eigenvalue weighted by atomic mass is 9.83. The van der Waals surface area contributed by atoms with Crippen LogP contribution in [0.1, 0.15) is 26.7 Å². The smallest absolute Gasteiger partial charge is 0.0620 e. The van der Waals surface area contributed by atoms with Crippen LogP contribution in [0.25, 0.3) is 0 Å². The molecule has 1 rings (SSSR count). The van der Waals surface area contributed by atoms with E-state index in [2.05, 4.69) is 11.9 Å². The number of piperidine rings is 1. The summed E-state index contributed by atoms with van der Waals surface area (Å²) >= 11 is 0. The van der Waals surface area contributed by atoms with Gasteiger partial charge in [0.1, 0.15) is 0 Å². The summed E-state index contributed by atoms with van der Waals surface area (Å²) in [5.41, 5.74) is -0.499. The zero-order valence-electron chi connectivity index (χ0n) is 7.51. The van der Waals surface area contributed by atoms with E-state index in [0.29, 0.717) is 5.92 Å². The Morgan fingerprint density at radius 1 is 1.36 bits per heavy atom. The fourth-order valence-corrected chi connectivity index (χ4v) is 1.64. The molecule has 1 aliphatic rings. The number of hydrogen-bond donors (Lipinski definition) is 1. The van der Waals surface area contributed by atoms with Gasteiger partial charge in [0.25, 0.3) is 0 Å². The summed E-state index contributed by atoms with van der Waals surface area (Å²) < 4.78 is 0. The quantitative estimate of drug-likeness (QED) is 0.578. The Hall–Kier alpha value is -0.0800. The molecule has 11 heavy (non-hydrogen) atoms. The zero-order valence-corrected chi connectivity index (χ0v) is 7.51. The predicted molar refractivity (Wildman–Crippen MR) is 46.0 cm³/mol. The molecule has 0 aliphatic carbocycles. The van der Waals surface area contributed by atoms with Crippen LogP contribution in [0.3, 0.4) is 0 Å².